The normalized spacial score (nSPS) is 15.3. The minimum atomic E-state index is -0.833. The van der Waals surface area contributed by atoms with E-state index < -0.39 is 6.04 Å². The van der Waals surface area contributed by atoms with E-state index in [1.807, 2.05) is 68.7 Å². The molecule has 1 fully saturated rings. The standard InChI is InChI=1S/C30H36FN7O2S/c1-19-15-21(31)9-10-26(19)37-11-13-38(14-12-37)30(40)34-27(20(2)24-16-32-25-8-6-5-7-23(24)25)28(39)35-29-33-22(18-41-29)17-36(3)4/h5-10,15-16,18,20,27,32H,11-14,17H2,1-4H3,(H,34,40)(H,33,35,39)/t20-,27+/m0/s1. The van der Waals surface area contributed by atoms with Crippen molar-refractivity contribution >= 4 is 45.0 Å². The zero-order chi connectivity index (χ0) is 29.1. The maximum absolute atomic E-state index is 13.7. The Balaban J connectivity index is 1.32. The molecule has 216 valence electrons. The number of H-pyrrole nitrogens is 1. The maximum atomic E-state index is 13.7. The SMILES string of the molecule is Cc1cc(F)ccc1N1CCN(C(=O)N[C@@H](C(=O)Nc2nc(CN(C)C)cs2)[C@@H](C)c2c[nH]c3ccccc23)CC1. The average molecular weight is 578 g/mol. The lowest BCUT2D eigenvalue weighted by molar-refractivity contribution is -0.118. The molecule has 9 nitrogen and oxygen atoms in total. The average Bonchev–Trinajstić information content (AvgIpc) is 3.57. The lowest BCUT2D eigenvalue weighted by Gasteiger charge is -2.37. The van der Waals surface area contributed by atoms with Gasteiger partial charge in [0.05, 0.1) is 5.69 Å². The molecule has 0 aliphatic carbocycles. The number of piperazine rings is 1. The summed E-state index contributed by atoms with van der Waals surface area (Å²) >= 11 is 1.37. The number of halogens is 1. The van der Waals surface area contributed by atoms with Gasteiger partial charge in [0.15, 0.2) is 5.13 Å². The van der Waals surface area contributed by atoms with Crippen molar-refractivity contribution in [2.24, 2.45) is 0 Å². The molecule has 11 heteroatoms. The van der Waals surface area contributed by atoms with Crippen LogP contribution in [0.2, 0.25) is 0 Å². The number of thiazole rings is 1. The largest absolute Gasteiger partial charge is 0.368 e. The number of aromatic nitrogens is 2. The third kappa shape index (κ3) is 6.52. The molecule has 2 atom stereocenters. The molecule has 1 aliphatic rings. The molecular weight excluding hydrogens is 541 g/mol. The molecule has 0 unspecified atom stereocenters. The van der Waals surface area contributed by atoms with E-state index in [1.165, 1.54) is 23.5 Å². The summed E-state index contributed by atoms with van der Waals surface area (Å²) in [7, 11) is 3.93. The molecule has 1 aliphatic heterocycles. The lowest BCUT2D eigenvalue weighted by Crippen LogP contribution is -2.56. The van der Waals surface area contributed by atoms with Crippen molar-refractivity contribution < 1.29 is 14.0 Å². The first-order valence-corrected chi connectivity index (χ1v) is 14.6. The highest BCUT2D eigenvalue weighted by Crippen LogP contribution is 2.29. The lowest BCUT2D eigenvalue weighted by atomic mass is 9.92. The molecule has 1 saturated heterocycles. The third-order valence-electron chi connectivity index (χ3n) is 7.50. The summed E-state index contributed by atoms with van der Waals surface area (Å²) < 4.78 is 13.6. The molecule has 3 heterocycles. The highest BCUT2D eigenvalue weighted by molar-refractivity contribution is 7.13. The molecule has 2 aromatic carbocycles. The fraction of sp³-hybridized carbons (Fsp3) is 0.367. The van der Waals surface area contributed by atoms with Gasteiger partial charge in [-0.05, 0) is 56.4 Å². The van der Waals surface area contributed by atoms with Crippen molar-refractivity contribution in [1.82, 2.24) is 25.1 Å². The number of fused-ring (bicyclic) bond motifs is 1. The number of para-hydroxylation sites is 1. The fourth-order valence-corrected chi connectivity index (χ4v) is 6.06. The predicted molar refractivity (Wildman–Crippen MR) is 162 cm³/mol. The van der Waals surface area contributed by atoms with Gasteiger partial charge >= 0.3 is 6.03 Å². The first kappa shape index (κ1) is 28.6. The number of hydrogen-bond donors (Lipinski definition) is 3. The monoisotopic (exact) mass is 577 g/mol. The van der Waals surface area contributed by atoms with E-state index in [2.05, 4.69) is 25.5 Å². The first-order chi connectivity index (χ1) is 19.7. The number of urea groups is 1. The Kier molecular flexibility index (Phi) is 8.55. The van der Waals surface area contributed by atoms with Gasteiger partial charge in [-0.25, -0.2) is 14.2 Å². The second-order valence-corrected chi connectivity index (χ2v) is 11.6. The summed E-state index contributed by atoms with van der Waals surface area (Å²) in [5.41, 5.74) is 4.62. The maximum Gasteiger partial charge on any atom is 0.318 e. The summed E-state index contributed by atoms with van der Waals surface area (Å²) in [5.74, 6) is -0.897. The molecule has 0 spiro atoms. The topological polar surface area (TPSA) is 96.6 Å². The number of amides is 3. The van der Waals surface area contributed by atoms with Gasteiger partial charge in [0.25, 0.3) is 0 Å². The van der Waals surface area contributed by atoms with Gasteiger partial charge in [0, 0.05) is 66.8 Å². The number of carbonyl (C=O) groups excluding carboxylic acids is 2. The zero-order valence-corrected chi connectivity index (χ0v) is 24.6. The van der Waals surface area contributed by atoms with Crippen LogP contribution < -0.4 is 15.5 Å². The zero-order valence-electron chi connectivity index (χ0n) is 23.8. The molecule has 41 heavy (non-hydrogen) atoms. The quantitative estimate of drug-likeness (QED) is 0.280. The Morgan fingerprint density at radius 2 is 1.90 bits per heavy atom. The number of nitrogens with zero attached hydrogens (tertiary/aromatic N) is 4. The van der Waals surface area contributed by atoms with E-state index in [1.54, 1.807) is 11.0 Å². The predicted octanol–water partition coefficient (Wildman–Crippen LogP) is 4.78. The van der Waals surface area contributed by atoms with Gasteiger partial charge in [0.1, 0.15) is 11.9 Å². The third-order valence-corrected chi connectivity index (χ3v) is 8.31. The van der Waals surface area contributed by atoms with E-state index in [4.69, 9.17) is 0 Å². The van der Waals surface area contributed by atoms with Crippen molar-refractivity contribution in [2.75, 3.05) is 50.5 Å². The van der Waals surface area contributed by atoms with Crippen molar-refractivity contribution in [2.45, 2.75) is 32.4 Å². The van der Waals surface area contributed by atoms with Gasteiger partial charge in [-0.1, -0.05) is 25.1 Å². The number of aromatic amines is 1. The summed E-state index contributed by atoms with van der Waals surface area (Å²) in [6.07, 6.45) is 1.91. The van der Waals surface area contributed by atoms with Crippen LogP contribution in [0.4, 0.5) is 20.0 Å². The molecule has 4 aromatic rings. The van der Waals surface area contributed by atoms with E-state index >= 15 is 0 Å². The minimum Gasteiger partial charge on any atom is -0.368 e. The number of carbonyl (C=O) groups is 2. The van der Waals surface area contributed by atoms with Crippen molar-refractivity contribution in [3.05, 3.63) is 76.7 Å². The van der Waals surface area contributed by atoms with Crippen molar-refractivity contribution in [3.63, 3.8) is 0 Å². The Hall–Kier alpha value is -3.96. The number of benzene rings is 2. The number of hydrogen-bond acceptors (Lipinski definition) is 6. The molecule has 0 bridgehead atoms. The Labute approximate surface area is 243 Å². The minimum absolute atomic E-state index is 0.260. The summed E-state index contributed by atoms with van der Waals surface area (Å²) in [6.45, 7) is 6.71. The molecule has 0 radical (unpaired) electrons. The number of rotatable bonds is 8. The molecular formula is C30H36FN7O2S. The second kappa shape index (κ2) is 12.3. The first-order valence-electron chi connectivity index (χ1n) is 13.7. The summed E-state index contributed by atoms with van der Waals surface area (Å²) in [5, 5.41) is 9.41. The fourth-order valence-electron chi connectivity index (χ4n) is 5.36. The molecule has 3 amide bonds. The number of nitrogens with one attached hydrogen (secondary N) is 3. The van der Waals surface area contributed by atoms with Gasteiger partial charge in [-0.3, -0.25) is 4.79 Å². The number of aryl methyl sites for hydroxylation is 1. The Morgan fingerprint density at radius 3 is 2.63 bits per heavy atom. The van der Waals surface area contributed by atoms with Gasteiger partial charge in [-0.15, -0.1) is 11.3 Å². The highest BCUT2D eigenvalue weighted by atomic mass is 32.1. The molecule has 0 saturated carbocycles. The molecule has 5 rings (SSSR count). The van der Waals surface area contributed by atoms with Gasteiger partial charge in [0.2, 0.25) is 5.91 Å². The van der Waals surface area contributed by atoms with E-state index in [0.29, 0.717) is 37.9 Å². The van der Waals surface area contributed by atoms with Crippen molar-refractivity contribution in [3.8, 4) is 0 Å². The second-order valence-electron chi connectivity index (χ2n) is 10.8. The highest BCUT2D eigenvalue weighted by Gasteiger charge is 2.32. The van der Waals surface area contributed by atoms with Crippen LogP contribution in [0.3, 0.4) is 0 Å². The Bertz CT molecular complexity index is 1530. The molecule has 2 aromatic heterocycles. The van der Waals surface area contributed by atoms with E-state index in [9.17, 15) is 14.0 Å². The van der Waals surface area contributed by atoms with Crippen LogP contribution in [0.5, 0.6) is 0 Å². The number of anilines is 2. The van der Waals surface area contributed by atoms with Crippen LogP contribution in [0.1, 0.15) is 29.7 Å². The van der Waals surface area contributed by atoms with E-state index in [0.717, 1.165) is 33.4 Å². The van der Waals surface area contributed by atoms with Crippen molar-refractivity contribution in [1.29, 1.82) is 0 Å². The van der Waals surface area contributed by atoms with E-state index in [-0.39, 0.29) is 23.7 Å². The molecule has 3 N–H and O–H groups in total. The van der Waals surface area contributed by atoms with Crippen LogP contribution in [0.15, 0.2) is 54.0 Å². The van der Waals surface area contributed by atoms with Gasteiger partial charge < -0.3 is 30.3 Å². The van der Waals surface area contributed by atoms with Crippen LogP contribution >= 0.6 is 11.3 Å². The summed E-state index contributed by atoms with van der Waals surface area (Å²) in [4.78, 5) is 41.0. The van der Waals surface area contributed by atoms with Crippen LogP contribution in [0, 0.1) is 12.7 Å². The van der Waals surface area contributed by atoms with Gasteiger partial charge in [-0.2, -0.15) is 0 Å². The summed E-state index contributed by atoms with van der Waals surface area (Å²) in [6, 6.07) is 11.6. The van der Waals surface area contributed by atoms with Crippen LogP contribution in [0.25, 0.3) is 10.9 Å². The van der Waals surface area contributed by atoms with Crippen LogP contribution in [-0.2, 0) is 11.3 Å². The Morgan fingerprint density at radius 1 is 1.15 bits per heavy atom. The smallest absolute Gasteiger partial charge is 0.318 e. The van der Waals surface area contributed by atoms with Crippen LogP contribution in [-0.4, -0.2) is 78.0 Å².